The predicted molar refractivity (Wildman–Crippen MR) is 69.4 cm³/mol. The number of carbonyl (C=O) groups is 3. The molecule has 0 spiro atoms. The van der Waals surface area contributed by atoms with E-state index in [0.29, 0.717) is 5.69 Å². The van der Waals surface area contributed by atoms with Gasteiger partial charge in [-0.2, -0.15) is 5.10 Å². The van der Waals surface area contributed by atoms with Crippen molar-refractivity contribution in [2.45, 2.75) is 6.92 Å². The number of nitrogens with zero attached hydrogens (tertiary/aromatic N) is 2. The Kier molecular flexibility index (Phi) is 4.17. The van der Waals surface area contributed by atoms with Crippen LogP contribution in [0.1, 0.15) is 26.6 Å². The summed E-state index contributed by atoms with van der Waals surface area (Å²) in [6.45, 7) is 1.13. The van der Waals surface area contributed by atoms with Crippen molar-refractivity contribution in [1.82, 2.24) is 15.1 Å². The van der Waals surface area contributed by atoms with E-state index in [4.69, 9.17) is 9.15 Å². The fourth-order valence-corrected chi connectivity index (χ4v) is 1.54. The quantitative estimate of drug-likeness (QED) is 0.819. The average molecular weight is 291 g/mol. The summed E-state index contributed by atoms with van der Waals surface area (Å²) in [7, 11) is 1.68. The Labute approximate surface area is 119 Å². The molecule has 1 N–H and O–H groups in total. The van der Waals surface area contributed by atoms with Gasteiger partial charge in [0.05, 0.1) is 12.5 Å². The number of aromatic nitrogens is 2. The number of furan rings is 1. The van der Waals surface area contributed by atoms with E-state index in [1.165, 1.54) is 29.3 Å². The van der Waals surface area contributed by atoms with E-state index in [1.807, 2.05) is 5.32 Å². The molecular weight excluding hydrogens is 278 g/mol. The second kappa shape index (κ2) is 6.04. The lowest BCUT2D eigenvalue weighted by Gasteiger charge is -2.04. The Morgan fingerprint density at radius 2 is 2.19 bits per heavy atom. The van der Waals surface area contributed by atoms with Crippen molar-refractivity contribution in [3.8, 4) is 0 Å². The molecular formula is C13H13N3O5. The number of ether oxygens (including phenoxy) is 1. The molecule has 110 valence electrons. The van der Waals surface area contributed by atoms with Crippen molar-refractivity contribution in [2.24, 2.45) is 7.05 Å². The molecule has 8 heteroatoms. The van der Waals surface area contributed by atoms with Gasteiger partial charge in [0.1, 0.15) is 5.56 Å². The van der Waals surface area contributed by atoms with Crippen LogP contribution in [0.2, 0.25) is 0 Å². The summed E-state index contributed by atoms with van der Waals surface area (Å²) < 4.78 is 11.2. The lowest BCUT2D eigenvalue weighted by Crippen LogP contribution is -2.34. The van der Waals surface area contributed by atoms with Crippen LogP contribution in [0.25, 0.3) is 0 Å². The maximum absolute atomic E-state index is 11.7. The molecule has 0 aliphatic heterocycles. The first-order valence-electron chi connectivity index (χ1n) is 6.02. The molecule has 2 aromatic rings. The monoisotopic (exact) mass is 291 g/mol. The normalized spacial score (nSPS) is 10.2. The van der Waals surface area contributed by atoms with Gasteiger partial charge in [0.2, 0.25) is 0 Å². The molecule has 21 heavy (non-hydrogen) atoms. The number of nitrogens with one attached hydrogen (secondary N) is 1. The van der Waals surface area contributed by atoms with Gasteiger partial charge in [-0.05, 0) is 19.1 Å². The highest BCUT2D eigenvalue weighted by atomic mass is 16.5. The summed E-state index contributed by atoms with van der Waals surface area (Å²) in [6, 6.07) is 2.93. The minimum atomic E-state index is -0.744. The highest BCUT2D eigenvalue weighted by Crippen LogP contribution is 2.07. The Morgan fingerprint density at radius 3 is 2.76 bits per heavy atom. The fourth-order valence-electron chi connectivity index (χ4n) is 1.54. The molecule has 0 unspecified atom stereocenters. The van der Waals surface area contributed by atoms with E-state index >= 15 is 0 Å². The zero-order valence-corrected chi connectivity index (χ0v) is 11.5. The Balaban J connectivity index is 1.85. The molecule has 0 atom stereocenters. The van der Waals surface area contributed by atoms with Crippen LogP contribution in [0.3, 0.4) is 0 Å². The molecule has 0 aliphatic rings. The van der Waals surface area contributed by atoms with Gasteiger partial charge >= 0.3 is 5.97 Å². The number of amides is 2. The molecule has 0 aliphatic carbocycles. The third kappa shape index (κ3) is 3.35. The SMILES string of the molecule is Cc1c(C(=O)OCC(=O)NC(=O)c2ccco2)cnn1C. The third-order valence-electron chi connectivity index (χ3n) is 2.79. The minimum Gasteiger partial charge on any atom is -0.459 e. The Hall–Kier alpha value is -2.90. The van der Waals surface area contributed by atoms with Crippen LogP contribution in [-0.2, 0) is 16.6 Å². The summed E-state index contributed by atoms with van der Waals surface area (Å²) >= 11 is 0. The predicted octanol–water partition coefficient (Wildman–Crippen LogP) is 0.435. The number of esters is 1. The highest BCUT2D eigenvalue weighted by Gasteiger charge is 2.17. The van der Waals surface area contributed by atoms with E-state index in [1.54, 1.807) is 14.0 Å². The number of hydrogen-bond acceptors (Lipinski definition) is 6. The van der Waals surface area contributed by atoms with Crippen LogP contribution >= 0.6 is 0 Å². The first-order chi connectivity index (χ1) is 9.99. The molecule has 0 saturated heterocycles. The summed E-state index contributed by atoms with van der Waals surface area (Å²) in [6.07, 6.45) is 2.66. The minimum absolute atomic E-state index is 0.00206. The van der Waals surface area contributed by atoms with Crippen LogP contribution in [0, 0.1) is 6.92 Å². The topological polar surface area (TPSA) is 103 Å². The van der Waals surface area contributed by atoms with E-state index in [-0.39, 0.29) is 11.3 Å². The summed E-state index contributed by atoms with van der Waals surface area (Å²) in [4.78, 5) is 34.8. The first kappa shape index (κ1) is 14.5. The third-order valence-corrected chi connectivity index (χ3v) is 2.79. The van der Waals surface area contributed by atoms with Gasteiger partial charge in [-0.25, -0.2) is 4.79 Å². The van der Waals surface area contributed by atoms with Crippen molar-refractivity contribution in [1.29, 1.82) is 0 Å². The zero-order chi connectivity index (χ0) is 15.4. The Bertz CT molecular complexity index is 672. The van der Waals surface area contributed by atoms with Gasteiger partial charge in [0.15, 0.2) is 12.4 Å². The van der Waals surface area contributed by atoms with Crippen LogP contribution < -0.4 is 5.32 Å². The van der Waals surface area contributed by atoms with Crippen molar-refractivity contribution >= 4 is 17.8 Å². The van der Waals surface area contributed by atoms with Crippen LogP contribution in [0.5, 0.6) is 0 Å². The average Bonchev–Trinajstić information content (AvgIpc) is 3.08. The van der Waals surface area contributed by atoms with E-state index in [0.717, 1.165) is 0 Å². The second-order valence-electron chi connectivity index (χ2n) is 4.20. The molecule has 2 amide bonds. The summed E-state index contributed by atoms with van der Waals surface area (Å²) in [5.41, 5.74) is 0.884. The van der Waals surface area contributed by atoms with Crippen molar-refractivity contribution in [3.05, 3.63) is 41.6 Å². The molecule has 2 aromatic heterocycles. The van der Waals surface area contributed by atoms with Gasteiger partial charge in [-0.1, -0.05) is 0 Å². The second-order valence-corrected chi connectivity index (χ2v) is 4.20. The number of carbonyl (C=O) groups excluding carboxylic acids is 3. The molecule has 0 radical (unpaired) electrons. The lowest BCUT2D eigenvalue weighted by atomic mass is 10.3. The number of rotatable bonds is 4. The molecule has 0 bridgehead atoms. The van der Waals surface area contributed by atoms with Gasteiger partial charge in [0, 0.05) is 12.7 Å². The van der Waals surface area contributed by atoms with Crippen LogP contribution in [0.15, 0.2) is 29.0 Å². The molecule has 0 saturated carbocycles. The largest absolute Gasteiger partial charge is 0.459 e. The van der Waals surface area contributed by atoms with Crippen molar-refractivity contribution in [3.63, 3.8) is 0 Å². The van der Waals surface area contributed by atoms with E-state index < -0.39 is 24.4 Å². The van der Waals surface area contributed by atoms with Gasteiger partial charge < -0.3 is 9.15 Å². The molecule has 2 heterocycles. The smallest absolute Gasteiger partial charge is 0.342 e. The zero-order valence-electron chi connectivity index (χ0n) is 11.5. The lowest BCUT2D eigenvalue weighted by molar-refractivity contribution is -0.123. The number of imide groups is 1. The molecule has 8 nitrogen and oxygen atoms in total. The molecule has 0 fully saturated rings. The number of hydrogen-bond donors (Lipinski definition) is 1. The first-order valence-corrected chi connectivity index (χ1v) is 6.02. The summed E-state index contributed by atoms with van der Waals surface area (Å²) in [5, 5.41) is 5.93. The fraction of sp³-hybridized carbons (Fsp3) is 0.231. The van der Waals surface area contributed by atoms with E-state index in [9.17, 15) is 14.4 Å². The van der Waals surface area contributed by atoms with Crippen molar-refractivity contribution in [2.75, 3.05) is 6.61 Å². The van der Waals surface area contributed by atoms with E-state index in [2.05, 4.69) is 5.10 Å². The Morgan fingerprint density at radius 1 is 1.43 bits per heavy atom. The number of aryl methyl sites for hydroxylation is 1. The summed E-state index contributed by atoms with van der Waals surface area (Å²) in [5.74, 6) is -2.12. The van der Waals surface area contributed by atoms with Crippen LogP contribution in [0.4, 0.5) is 0 Å². The van der Waals surface area contributed by atoms with Gasteiger partial charge in [-0.3, -0.25) is 19.6 Å². The highest BCUT2D eigenvalue weighted by molar-refractivity contribution is 6.04. The molecule has 0 aromatic carbocycles. The standard InChI is InChI=1S/C13H13N3O5/c1-8-9(6-14-16(8)2)13(19)21-7-11(17)15-12(18)10-4-3-5-20-10/h3-6H,7H2,1-2H3,(H,15,17,18). The van der Waals surface area contributed by atoms with Gasteiger partial charge in [0.25, 0.3) is 11.8 Å². The van der Waals surface area contributed by atoms with Crippen LogP contribution in [-0.4, -0.2) is 34.2 Å². The molecule has 2 rings (SSSR count). The van der Waals surface area contributed by atoms with Gasteiger partial charge in [-0.15, -0.1) is 0 Å². The van der Waals surface area contributed by atoms with Crippen molar-refractivity contribution < 1.29 is 23.5 Å². The maximum Gasteiger partial charge on any atom is 0.342 e. The maximum atomic E-state index is 11.7.